The van der Waals surface area contributed by atoms with Crippen LogP contribution in [0.5, 0.6) is 0 Å². The number of benzene rings is 2. The molecule has 0 saturated heterocycles. The molecule has 0 saturated carbocycles. The van der Waals surface area contributed by atoms with E-state index in [1.165, 1.54) is 28.1 Å². The number of nitrogens with two attached hydrogens (primary N) is 1. The molecule has 7 heteroatoms. The molecule has 0 fully saturated rings. The third-order valence-corrected chi connectivity index (χ3v) is 4.97. The summed E-state index contributed by atoms with van der Waals surface area (Å²) in [7, 11) is 0. The largest absolute Gasteiger partial charge is 0.361 e. The number of fused-ring (bicyclic) bond motifs is 1. The van der Waals surface area contributed by atoms with Crippen LogP contribution in [0.4, 0.5) is 0 Å². The molecule has 2 aromatic heterocycles. The van der Waals surface area contributed by atoms with Crippen LogP contribution in [0.15, 0.2) is 58.2 Å². The molecule has 0 aliphatic rings. The summed E-state index contributed by atoms with van der Waals surface area (Å²) in [5.74, 6) is 8.36. The number of hydrogen-bond acceptors (Lipinski definition) is 6. The Bertz CT molecular complexity index is 1020. The van der Waals surface area contributed by atoms with Crippen LogP contribution in [0.1, 0.15) is 22.8 Å². The summed E-state index contributed by atoms with van der Waals surface area (Å²) in [6, 6.07) is 16.5. The van der Waals surface area contributed by atoms with Gasteiger partial charge in [-0.2, -0.15) is 0 Å². The maximum Gasteiger partial charge on any atom is 0.210 e. The highest BCUT2D eigenvalue weighted by Gasteiger charge is 2.13. The zero-order chi connectivity index (χ0) is 17.2. The Balaban J connectivity index is 1.54. The Kier molecular flexibility index (Phi) is 4.15. The average molecular weight is 351 g/mol. The van der Waals surface area contributed by atoms with E-state index in [4.69, 9.17) is 10.4 Å². The van der Waals surface area contributed by atoms with E-state index < -0.39 is 0 Å². The van der Waals surface area contributed by atoms with E-state index >= 15 is 0 Å². The van der Waals surface area contributed by atoms with Gasteiger partial charge in [-0.1, -0.05) is 59.4 Å². The highest BCUT2D eigenvalue weighted by atomic mass is 32.2. The van der Waals surface area contributed by atoms with E-state index in [1.54, 1.807) is 4.68 Å². The molecular formula is C18H17N5OS. The molecule has 0 aliphatic heterocycles. The van der Waals surface area contributed by atoms with Gasteiger partial charge in [-0.15, -0.1) is 10.2 Å². The molecule has 0 atom stereocenters. The first-order valence-electron chi connectivity index (χ1n) is 7.92. The van der Waals surface area contributed by atoms with E-state index in [0.717, 1.165) is 17.3 Å². The predicted octanol–water partition coefficient (Wildman–Crippen LogP) is 3.32. The van der Waals surface area contributed by atoms with Crippen LogP contribution in [0.3, 0.4) is 0 Å². The van der Waals surface area contributed by atoms with Crippen molar-refractivity contribution in [2.75, 3.05) is 5.84 Å². The van der Waals surface area contributed by atoms with Crippen LogP contribution in [-0.4, -0.2) is 20.0 Å². The van der Waals surface area contributed by atoms with Crippen molar-refractivity contribution in [2.24, 2.45) is 0 Å². The van der Waals surface area contributed by atoms with Gasteiger partial charge in [0.15, 0.2) is 5.82 Å². The average Bonchev–Trinajstić information content (AvgIpc) is 3.20. The summed E-state index contributed by atoms with van der Waals surface area (Å²) >= 11 is 1.49. The van der Waals surface area contributed by atoms with Crippen LogP contribution in [-0.2, 0) is 12.2 Å². The number of rotatable bonds is 5. The maximum atomic E-state index is 6.19. The minimum Gasteiger partial charge on any atom is -0.361 e. The van der Waals surface area contributed by atoms with Gasteiger partial charge >= 0.3 is 0 Å². The Morgan fingerprint density at radius 2 is 1.96 bits per heavy atom. The monoisotopic (exact) mass is 351 g/mol. The third-order valence-electron chi connectivity index (χ3n) is 3.99. The van der Waals surface area contributed by atoms with Gasteiger partial charge in [-0.3, -0.25) is 0 Å². The number of nitrogen functional groups attached to an aromatic ring is 1. The summed E-state index contributed by atoms with van der Waals surface area (Å²) in [6.45, 7) is 1.87. The smallest absolute Gasteiger partial charge is 0.210 e. The molecule has 2 N–H and O–H groups in total. The van der Waals surface area contributed by atoms with Crippen molar-refractivity contribution in [2.45, 2.75) is 24.3 Å². The van der Waals surface area contributed by atoms with Gasteiger partial charge in [0.1, 0.15) is 5.76 Å². The molecule has 126 valence electrons. The predicted molar refractivity (Wildman–Crippen MR) is 97.7 cm³/mol. The van der Waals surface area contributed by atoms with Gasteiger partial charge < -0.3 is 10.4 Å². The molecule has 0 spiro atoms. The van der Waals surface area contributed by atoms with Crippen molar-refractivity contribution in [3.63, 3.8) is 0 Å². The van der Waals surface area contributed by atoms with Gasteiger partial charge in [0, 0.05) is 18.2 Å². The molecule has 2 aromatic carbocycles. The fourth-order valence-electron chi connectivity index (χ4n) is 2.77. The minimum absolute atomic E-state index is 0.633. The van der Waals surface area contributed by atoms with Gasteiger partial charge in [0.2, 0.25) is 5.16 Å². The third kappa shape index (κ3) is 3.23. The molecule has 0 amide bonds. The summed E-state index contributed by atoms with van der Waals surface area (Å²) in [5, 5.41) is 15.5. The fourth-order valence-corrected chi connectivity index (χ4v) is 3.52. The molecule has 4 rings (SSSR count). The highest BCUT2D eigenvalue weighted by molar-refractivity contribution is 7.98. The van der Waals surface area contributed by atoms with Crippen LogP contribution >= 0.6 is 11.8 Å². The number of hydrogen-bond donors (Lipinski definition) is 1. The molecular weight excluding hydrogens is 334 g/mol. The topological polar surface area (TPSA) is 82.8 Å². The van der Waals surface area contributed by atoms with Crippen LogP contribution < -0.4 is 5.84 Å². The zero-order valence-electron chi connectivity index (χ0n) is 13.7. The molecule has 0 radical (unpaired) electrons. The molecule has 25 heavy (non-hydrogen) atoms. The van der Waals surface area contributed by atoms with Crippen LogP contribution in [0.2, 0.25) is 0 Å². The number of thioether (sulfide) groups is 1. The Morgan fingerprint density at radius 3 is 2.80 bits per heavy atom. The van der Waals surface area contributed by atoms with Crippen molar-refractivity contribution in [1.82, 2.24) is 20.0 Å². The van der Waals surface area contributed by atoms with Gasteiger partial charge in [0.05, 0.1) is 5.69 Å². The Hall–Kier alpha value is -2.80. The van der Waals surface area contributed by atoms with Crippen molar-refractivity contribution in [3.05, 3.63) is 71.4 Å². The zero-order valence-corrected chi connectivity index (χ0v) is 14.5. The minimum atomic E-state index is 0.633. The quantitative estimate of drug-likeness (QED) is 0.439. The Morgan fingerprint density at radius 1 is 1.12 bits per heavy atom. The van der Waals surface area contributed by atoms with E-state index in [-0.39, 0.29) is 0 Å². The molecule has 0 bridgehead atoms. The van der Waals surface area contributed by atoms with E-state index in [2.05, 4.69) is 45.7 Å². The molecule has 6 nitrogen and oxygen atoms in total. The molecule has 0 aliphatic carbocycles. The second-order valence-electron chi connectivity index (χ2n) is 5.80. The van der Waals surface area contributed by atoms with Crippen LogP contribution in [0, 0.1) is 6.92 Å². The van der Waals surface area contributed by atoms with Gasteiger partial charge in [0.25, 0.3) is 0 Å². The van der Waals surface area contributed by atoms with Crippen molar-refractivity contribution in [3.8, 4) is 0 Å². The second-order valence-corrected chi connectivity index (χ2v) is 6.74. The summed E-state index contributed by atoms with van der Waals surface area (Å²) in [4.78, 5) is 0. The van der Waals surface area contributed by atoms with E-state index in [0.29, 0.717) is 17.3 Å². The maximum absolute atomic E-state index is 6.19. The summed E-state index contributed by atoms with van der Waals surface area (Å²) in [5.41, 5.74) is 2.04. The number of nitrogens with zero attached hydrogens (tertiary/aromatic N) is 4. The lowest BCUT2D eigenvalue weighted by Gasteiger charge is -2.06. The van der Waals surface area contributed by atoms with Gasteiger partial charge in [-0.25, -0.2) is 4.68 Å². The lowest BCUT2D eigenvalue weighted by molar-refractivity contribution is 0.393. The summed E-state index contributed by atoms with van der Waals surface area (Å²) < 4.78 is 6.63. The van der Waals surface area contributed by atoms with Crippen LogP contribution in [0.25, 0.3) is 10.8 Å². The second kappa shape index (κ2) is 6.60. The Labute approximate surface area is 149 Å². The number of aromatic nitrogens is 4. The van der Waals surface area contributed by atoms with Crippen molar-refractivity contribution in [1.29, 1.82) is 0 Å². The lowest BCUT2D eigenvalue weighted by atomic mass is 10.0. The van der Waals surface area contributed by atoms with E-state index in [9.17, 15) is 0 Å². The number of aryl methyl sites for hydroxylation is 1. The van der Waals surface area contributed by atoms with Crippen molar-refractivity contribution >= 4 is 22.5 Å². The standard InChI is InChI=1S/C18H17N5OS/c1-12-9-15(22-24-12)11-25-18-21-20-17(23(18)19)10-14-7-4-6-13-5-2-3-8-16(13)14/h2-9H,10-11,19H2,1H3. The summed E-state index contributed by atoms with van der Waals surface area (Å²) in [6.07, 6.45) is 0.633. The first-order valence-corrected chi connectivity index (χ1v) is 8.90. The fraction of sp³-hybridized carbons (Fsp3) is 0.167. The first kappa shape index (κ1) is 15.7. The molecule has 2 heterocycles. The van der Waals surface area contributed by atoms with Crippen molar-refractivity contribution < 1.29 is 4.52 Å². The SMILES string of the molecule is Cc1cc(CSc2nnc(Cc3cccc4ccccc34)n2N)no1. The normalized spacial score (nSPS) is 11.2. The molecule has 0 unspecified atom stereocenters. The van der Waals surface area contributed by atoms with Gasteiger partial charge in [-0.05, 0) is 23.3 Å². The lowest BCUT2D eigenvalue weighted by Crippen LogP contribution is -2.14. The highest BCUT2D eigenvalue weighted by Crippen LogP contribution is 2.23. The van der Waals surface area contributed by atoms with E-state index in [1.807, 2.05) is 25.1 Å². The first-order chi connectivity index (χ1) is 12.2. The molecule has 4 aromatic rings.